The summed E-state index contributed by atoms with van der Waals surface area (Å²) in [5.41, 5.74) is 0.407. The van der Waals surface area contributed by atoms with Crippen LogP contribution in [0.1, 0.15) is 58.8 Å². The Hall–Kier alpha value is -3.25. The number of piperidine rings is 1. The number of alkyl halides is 3. The molecule has 2 saturated heterocycles. The minimum atomic E-state index is -4.53. The second-order valence-electron chi connectivity index (χ2n) is 11.3. The fourth-order valence-electron chi connectivity index (χ4n) is 5.75. The number of carbonyl (C=O) groups is 2. The first kappa shape index (κ1) is 29.2. The summed E-state index contributed by atoms with van der Waals surface area (Å²) in [7, 11) is -3.64. The SMILES string of the molecule is Cc1cc(C(=O)N2CCC(C)C2)ccc1CCS(=O)(=O)N1CCC2(CC1)N=C(c1cccc(C(F)(F)F)c1)NC2=O. The molecule has 0 bridgehead atoms. The van der Waals surface area contributed by atoms with Gasteiger partial charge >= 0.3 is 6.18 Å². The molecule has 2 fully saturated rings. The molecule has 1 N–H and O–H groups in total. The second-order valence-corrected chi connectivity index (χ2v) is 13.4. The molecule has 3 aliphatic heterocycles. The predicted molar refractivity (Wildman–Crippen MR) is 148 cm³/mol. The molecule has 8 nitrogen and oxygen atoms in total. The van der Waals surface area contributed by atoms with Crippen molar-refractivity contribution in [1.29, 1.82) is 0 Å². The van der Waals surface area contributed by atoms with Crippen LogP contribution < -0.4 is 5.32 Å². The molecule has 220 valence electrons. The van der Waals surface area contributed by atoms with Crippen LogP contribution in [-0.4, -0.2) is 72.7 Å². The van der Waals surface area contributed by atoms with Gasteiger partial charge in [-0.1, -0.05) is 25.1 Å². The zero-order valence-electron chi connectivity index (χ0n) is 23.0. The number of rotatable bonds is 6. The zero-order chi connectivity index (χ0) is 29.6. The van der Waals surface area contributed by atoms with E-state index in [1.54, 1.807) is 6.07 Å². The molecule has 0 saturated carbocycles. The average Bonchev–Trinajstić information content (AvgIpc) is 3.50. The van der Waals surface area contributed by atoms with E-state index in [-0.39, 0.29) is 55.4 Å². The van der Waals surface area contributed by atoms with Crippen LogP contribution in [0.5, 0.6) is 0 Å². The number of nitrogens with one attached hydrogen (secondary N) is 1. The molecule has 1 spiro atoms. The van der Waals surface area contributed by atoms with Crippen molar-refractivity contribution in [3.63, 3.8) is 0 Å². The highest BCUT2D eigenvalue weighted by molar-refractivity contribution is 7.89. The van der Waals surface area contributed by atoms with Crippen LogP contribution in [0.2, 0.25) is 0 Å². The number of carbonyl (C=O) groups excluding carboxylic acids is 2. The van der Waals surface area contributed by atoms with Crippen molar-refractivity contribution >= 4 is 27.7 Å². The van der Waals surface area contributed by atoms with Crippen molar-refractivity contribution in [2.45, 2.75) is 51.2 Å². The number of hydrogen-bond acceptors (Lipinski definition) is 5. The lowest BCUT2D eigenvalue weighted by Gasteiger charge is -2.34. The van der Waals surface area contributed by atoms with Gasteiger partial charge < -0.3 is 10.2 Å². The first-order chi connectivity index (χ1) is 19.3. The molecule has 0 radical (unpaired) electrons. The van der Waals surface area contributed by atoms with Crippen LogP contribution in [0.4, 0.5) is 13.2 Å². The number of aryl methyl sites for hydroxylation is 2. The Morgan fingerprint density at radius 1 is 1.12 bits per heavy atom. The summed E-state index contributed by atoms with van der Waals surface area (Å²) < 4.78 is 67.1. The largest absolute Gasteiger partial charge is 0.416 e. The lowest BCUT2D eigenvalue weighted by atomic mass is 9.89. The molecule has 2 aromatic carbocycles. The molecule has 0 aromatic heterocycles. The Morgan fingerprint density at radius 3 is 2.49 bits per heavy atom. The van der Waals surface area contributed by atoms with E-state index < -0.39 is 33.2 Å². The van der Waals surface area contributed by atoms with Crippen molar-refractivity contribution in [3.05, 3.63) is 70.3 Å². The Balaban J connectivity index is 1.21. The minimum absolute atomic E-state index is 0.00584. The lowest BCUT2D eigenvalue weighted by Crippen LogP contribution is -2.50. The maximum atomic E-state index is 13.2. The highest BCUT2D eigenvalue weighted by Gasteiger charge is 2.47. The van der Waals surface area contributed by atoms with Gasteiger partial charge in [-0.25, -0.2) is 12.7 Å². The van der Waals surface area contributed by atoms with E-state index in [0.717, 1.165) is 42.8 Å². The van der Waals surface area contributed by atoms with Crippen molar-refractivity contribution in [1.82, 2.24) is 14.5 Å². The molecule has 3 heterocycles. The van der Waals surface area contributed by atoms with E-state index in [0.29, 0.717) is 11.5 Å². The summed E-state index contributed by atoms with van der Waals surface area (Å²) in [5.74, 6) is -0.0114. The Labute approximate surface area is 237 Å². The van der Waals surface area contributed by atoms with Gasteiger partial charge in [0.25, 0.3) is 11.8 Å². The normalized spacial score (nSPS) is 21.3. The molecule has 12 heteroatoms. The van der Waals surface area contributed by atoms with Gasteiger partial charge in [-0.2, -0.15) is 13.2 Å². The van der Waals surface area contributed by atoms with Crippen LogP contribution in [0.25, 0.3) is 0 Å². The molecular weight excluding hydrogens is 557 g/mol. The Morgan fingerprint density at radius 2 is 1.85 bits per heavy atom. The number of amides is 2. The smallest absolute Gasteiger partial charge is 0.338 e. The van der Waals surface area contributed by atoms with Crippen LogP contribution in [0.15, 0.2) is 47.5 Å². The van der Waals surface area contributed by atoms with Gasteiger partial charge in [0.2, 0.25) is 10.0 Å². The molecule has 2 aromatic rings. The first-order valence-electron chi connectivity index (χ1n) is 13.7. The van der Waals surface area contributed by atoms with Gasteiger partial charge in [0.05, 0.1) is 11.3 Å². The van der Waals surface area contributed by atoms with Gasteiger partial charge in [-0.15, -0.1) is 0 Å². The molecule has 2 amide bonds. The van der Waals surface area contributed by atoms with Crippen LogP contribution >= 0.6 is 0 Å². The highest BCUT2D eigenvalue weighted by atomic mass is 32.2. The topological polar surface area (TPSA) is 99.2 Å². The minimum Gasteiger partial charge on any atom is -0.338 e. The quantitative estimate of drug-likeness (QED) is 0.554. The van der Waals surface area contributed by atoms with E-state index in [1.807, 2.05) is 24.0 Å². The molecule has 0 aliphatic carbocycles. The number of likely N-dealkylation sites (tertiary alicyclic amines) is 1. The lowest BCUT2D eigenvalue weighted by molar-refractivity contribution is -0.137. The molecular formula is C29H33F3N4O4S. The molecule has 1 unspecified atom stereocenters. The number of sulfonamides is 1. The van der Waals surface area contributed by atoms with E-state index in [4.69, 9.17) is 0 Å². The maximum absolute atomic E-state index is 13.2. The van der Waals surface area contributed by atoms with Gasteiger partial charge in [0.1, 0.15) is 11.4 Å². The number of benzene rings is 2. The van der Waals surface area contributed by atoms with Gasteiger partial charge in [0, 0.05) is 37.3 Å². The zero-order valence-corrected chi connectivity index (χ0v) is 23.8. The summed E-state index contributed by atoms with van der Waals surface area (Å²) in [6, 6.07) is 9.98. The Kier molecular flexibility index (Phi) is 7.75. The van der Waals surface area contributed by atoms with Crippen LogP contribution in [0.3, 0.4) is 0 Å². The average molecular weight is 591 g/mol. The third kappa shape index (κ3) is 6.04. The fraction of sp³-hybridized carbons (Fsp3) is 0.483. The number of aliphatic imine (C=N–C) groups is 1. The van der Waals surface area contributed by atoms with Crippen molar-refractivity contribution < 1.29 is 31.2 Å². The molecule has 41 heavy (non-hydrogen) atoms. The third-order valence-corrected chi connectivity index (χ3v) is 10.2. The highest BCUT2D eigenvalue weighted by Crippen LogP contribution is 2.34. The van der Waals surface area contributed by atoms with Crippen LogP contribution in [-0.2, 0) is 27.4 Å². The second kappa shape index (κ2) is 10.9. The standard InChI is InChI=1S/C29H33F3N4O4S/c1-19-8-12-35(18-19)26(37)23-7-6-21(20(2)16-23)9-15-41(39,40)36-13-10-28(11-14-36)27(38)33-25(34-28)22-4-3-5-24(17-22)29(30,31)32/h3-7,16-17,19H,8-15,18H2,1-2H3,(H,33,34,38). The maximum Gasteiger partial charge on any atom is 0.416 e. The number of hydrogen-bond donors (Lipinski definition) is 1. The van der Waals surface area contributed by atoms with Crippen molar-refractivity contribution in [2.75, 3.05) is 31.9 Å². The summed E-state index contributed by atoms with van der Waals surface area (Å²) in [6.07, 6.45) is -2.99. The van der Waals surface area contributed by atoms with Crippen molar-refractivity contribution in [2.24, 2.45) is 10.9 Å². The third-order valence-electron chi connectivity index (χ3n) is 8.32. The number of nitrogens with zero attached hydrogens (tertiary/aromatic N) is 3. The van der Waals surface area contributed by atoms with E-state index >= 15 is 0 Å². The predicted octanol–water partition coefficient (Wildman–Crippen LogP) is 3.78. The monoisotopic (exact) mass is 590 g/mol. The number of halogens is 3. The van der Waals surface area contributed by atoms with Gasteiger partial charge in [-0.3, -0.25) is 14.6 Å². The van der Waals surface area contributed by atoms with Gasteiger partial charge in [0.15, 0.2) is 0 Å². The molecule has 1 atom stereocenters. The number of amidine groups is 1. The van der Waals surface area contributed by atoms with Crippen LogP contribution in [0, 0.1) is 12.8 Å². The fourth-order valence-corrected chi connectivity index (χ4v) is 7.22. The first-order valence-corrected chi connectivity index (χ1v) is 15.3. The Bertz CT molecular complexity index is 1500. The van der Waals surface area contributed by atoms with Crippen molar-refractivity contribution in [3.8, 4) is 0 Å². The summed E-state index contributed by atoms with van der Waals surface area (Å²) in [6.45, 7) is 5.64. The molecule has 5 rings (SSSR count). The van der Waals surface area contributed by atoms with E-state index in [1.165, 1.54) is 16.4 Å². The van der Waals surface area contributed by atoms with E-state index in [2.05, 4.69) is 17.2 Å². The van der Waals surface area contributed by atoms with Gasteiger partial charge in [-0.05, 0) is 73.9 Å². The summed E-state index contributed by atoms with van der Waals surface area (Å²) in [5, 5.41) is 2.60. The molecule has 3 aliphatic rings. The summed E-state index contributed by atoms with van der Waals surface area (Å²) in [4.78, 5) is 32.0. The van der Waals surface area contributed by atoms with E-state index in [9.17, 15) is 31.2 Å². The summed E-state index contributed by atoms with van der Waals surface area (Å²) >= 11 is 0.